The largest absolute Gasteiger partial charge is 0.322 e. The SMILES string of the molecule is O=C(/C=C/c1c(Cl)nc2sccn12)Nc1cccc(NC(=O)c2cccnc2)c1. The Morgan fingerprint density at radius 3 is 2.76 bits per heavy atom. The second-order valence-electron chi connectivity index (χ2n) is 5.94. The zero-order valence-electron chi connectivity index (χ0n) is 14.9. The van der Waals surface area contributed by atoms with E-state index in [2.05, 4.69) is 20.6 Å². The number of rotatable bonds is 5. The molecule has 0 aliphatic heterocycles. The fourth-order valence-electron chi connectivity index (χ4n) is 2.64. The topological polar surface area (TPSA) is 88.4 Å². The molecule has 0 saturated heterocycles. The Kier molecular flexibility index (Phi) is 5.37. The number of anilines is 2. The van der Waals surface area contributed by atoms with Crippen molar-refractivity contribution >= 4 is 57.2 Å². The molecule has 3 heterocycles. The number of amides is 2. The Labute approximate surface area is 174 Å². The minimum absolute atomic E-state index is 0.281. The maximum Gasteiger partial charge on any atom is 0.257 e. The minimum Gasteiger partial charge on any atom is -0.322 e. The van der Waals surface area contributed by atoms with Crippen LogP contribution >= 0.6 is 22.9 Å². The van der Waals surface area contributed by atoms with Crippen LogP contribution in [-0.4, -0.2) is 26.2 Å². The summed E-state index contributed by atoms with van der Waals surface area (Å²) in [6.45, 7) is 0. The van der Waals surface area contributed by atoms with E-state index in [-0.39, 0.29) is 11.8 Å². The first-order valence-corrected chi connectivity index (χ1v) is 9.77. The number of carbonyl (C=O) groups excluding carboxylic acids is 2. The lowest BCUT2D eigenvalue weighted by atomic mass is 10.2. The minimum atomic E-state index is -0.331. The van der Waals surface area contributed by atoms with Gasteiger partial charge in [0.25, 0.3) is 5.91 Å². The number of fused-ring (bicyclic) bond motifs is 1. The molecule has 29 heavy (non-hydrogen) atoms. The molecule has 0 aliphatic carbocycles. The lowest BCUT2D eigenvalue weighted by Crippen LogP contribution is -2.13. The number of hydrogen-bond acceptors (Lipinski definition) is 5. The number of pyridine rings is 1. The molecular weight excluding hydrogens is 410 g/mol. The number of aromatic nitrogens is 3. The first-order valence-electron chi connectivity index (χ1n) is 8.52. The summed E-state index contributed by atoms with van der Waals surface area (Å²) < 4.78 is 1.81. The lowest BCUT2D eigenvalue weighted by Gasteiger charge is -2.08. The van der Waals surface area contributed by atoms with Gasteiger partial charge in [-0.05, 0) is 36.4 Å². The molecule has 0 atom stereocenters. The van der Waals surface area contributed by atoms with Gasteiger partial charge in [-0.25, -0.2) is 4.98 Å². The molecule has 0 radical (unpaired) electrons. The van der Waals surface area contributed by atoms with E-state index >= 15 is 0 Å². The number of thiazole rings is 1. The van der Waals surface area contributed by atoms with Gasteiger partial charge >= 0.3 is 0 Å². The molecule has 1 aromatic carbocycles. The van der Waals surface area contributed by atoms with Crippen LogP contribution in [-0.2, 0) is 4.79 Å². The summed E-state index contributed by atoms with van der Waals surface area (Å²) in [5.41, 5.74) is 2.18. The van der Waals surface area contributed by atoms with Gasteiger partial charge in [-0.2, -0.15) is 0 Å². The van der Waals surface area contributed by atoms with Crippen LogP contribution in [0.15, 0.2) is 66.4 Å². The van der Waals surface area contributed by atoms with E-state index in [0.717, 1.165) is 4.96 Å². The number of benzene rings is 1. The molecule has 4 aromatic rings. The van der Waals surface area contributed by atoms with Crippen molar-refractivity contribution in [1.82, 2.24) is 14.4 Å². The van der Waals surface area contributed by atoms with E-state index in [9.17, 15) is 9.59 Å². The maximum atomic E-state index is 12.3. The second-order valence-corrected chi connectivity index (χ2v) is 7.17. The monoisotopic (exact) mass is 423 g/mol. The first kappa shape index (κ1) is 18.9. The van der Waals surface area contributed by atoms with Gasteiger partial charge in [0.05, 0.1) is 11.3 Å². The van der Waals surface area contributed by atoms with Gasteiger partial charge in [0.15, 0.2) is 10.1 Å². The molecular formula is C20H14ClN5O2S. The quantitative estimate of drug-likeness (QED) is 0.467. The number of carbonyl (C=O) groups is 2. The molecule has 7 nitrogen and oxygen atoms in total. The zero-order chi connectivity index (χ0) is 20.2. The standard InChI is InChI=1S/C20H14ClN5O2S/c21-18-16(26-9-10-29-20(26)25-18)6-7-17(27)23-14-4-1-5-15(11-14)24-19(28)13-3-2-8-22-12-13/h1-12H,(H,23,27)(H,24,28)/b7-6+. The highest BCUT2D eigenvalue weighted by Crippen LogP contribution is 2.22. The van der Waals surface area contributed by atoms with E-state index in [0.29, 0.717) is 27.8 Å². The van der Waals surface area contributed by atoms with Gasteiger partial charge < -0.3 is 10.6 Å². The van der Waals surface area contributed by atoms with Gasteiger partial charge in [0.2, 0.25) is 5.91 Å². The Morgan fingerprint density at radius 2 is 1.97 bits per heavy atom. The molecule has 0 saturated carbocycles. The summed E-state index contributed by atoms with van der Waals surface area (Å²) in [6.07, 6.45) is 7.91. The third kappa shape index (κ3) is 4.34. The fourth-order valence-corrected chi connectivity index (χ4v) is 3.64. The van der Waals surface area contributed by atoms with Gasteiger partial charge in [-0.3, -0.25) is 19.0 Å². The molecule has 0 fully saturated rings. The lowest BCUT2D eigenvalue weighted by molar-refractivity contribution is -0.111. The smallest absolute Gasteiger partial charge is 0.257 e. The molecule has 2 amide bonds. The van der Waals surface area contributed by atoms with E-state index in [4.69, 9.17) is 11.6 Å². The Balaban J connectivity index is 1.43. The predicted octanol–water partition coefficient (Wildman–Crippen LogP) is 4.35. The second kappa shape index (κ2) is 8.26. The first-order chi connectivity index (χ1) is 14.1. The third-order valence-corrected chi connectivity index (χ3v) is 4.99. The summed E-state index contributed by atoms with van der Waals surface area (Å²) in [5.74, 6) is -0.612. The van der Waals surface area contributed by atoms with Crippen LogP contribution in [0.25, 0.3) is 11.0 Å². The molecule has 144 valence electrons. The summed E-state index contributed by atoms with van der Waals surface area (Å²) in [5, 5.41) is 7.76. The van der Waals surface area contributed by atoms with Crippen molar-refractivity contribution in [2.24, 2.45) is 0 Å². The van der Waals surface area contributed by atoms with E-state index < -0.39 is 0 Å². The molecule has 4 rings (SSSR count). The van der Waals surface area contributed by atoms with Crippen molar-refractivity contribution in [3.05, 3.63) is 82.9 Å². The summed E-state index contributed by atoms with van der Waals surface area (Å²) >= 11 is 7.58. The van der Waals surface area contributed by atoms with Crippen LogP contribution in [0.4, 0.5) is 11.4 Å². The molecule has 2 N–H and O–H groups in total. The average molecular weight is 424 g/mol. The van der Waals surface area contributed by atoms with Crippen molar-refractivity contribution in [1.29, 1.82) is 0 Å². The summed E-state index contributed by atoms with van der Waals surface area (Å²) in [7, 11) is 0. The van der Waals surface area contributed by atoms with Crippen molar-refractivity contribution in [3.63, 3.8) is 0 Å². The Hall–Kier alpha value is -3.49. The van der Waals surface area contributed by atoms with E-state index in [1.54, 1.807) is 48.7 Å². The molecule has 3 aromatic heterocycles. The van der Waals surface area contributed by atoms with Crippen molar-refractivity contribution < 1.29 is 9.59 Å². The fraction of sp³-hybridized carbons (Fsp3) is 0. The predicted molar refractivity (Wildman–Crippen MR) is 114 cm³/mol. The summed E-state index contributed by atoms with van der Waals surface area (Å²) in [4.78, 5) is 33.4. The molecule has 0 spiro atoms. The Morgan fingerprint density at radius 1 is 1.14 bits per heavy atom. The van der Waals surface area contributed by atoms with Crippen LogP contribution in [0, 0.1) is 0 Å². The van der Waals surface area contributed by atoms with Crippen LogP contribution in [0.2, 0.25) is 5.15 Å². The number of nitrogens with one attached hydrogen (secondary N) is 2. The third-order valence-electron chi connectivity index (χ3n) is 3.96. The van der Waals surface area contributed by atoms with Gasteiger partial charge in [0, 0.05) is 41.4 Å². The van der Waals surface area contributed by atoms with Gasteiger partial charge in [-0.1, -0.05) is 17.7 Å². The highest BCUT2D eigenvalue weighted by Gasteiger charge is 2.09. The maximum absolute atomic E-state index is 12.3. The van der Waals surface area contributed by atoms with E-state index in [1.165, 1.54) is 23.6 Å². The number of nitrogens with zero attached hydrogens (tertiary/aromatic N) is 3. The molecule has 0 bridgehead atoms. The van der Waals surface area contributed by atoms with Gasteiger partial charge in [0.1, 0.15) is 0 Å². The van der Waals surface area contributed by atoms with Crippen LogP contribution in [0.5, 0.6) is 0 Å². The van der Waals surface area contributed by atoms with Crippen molar-refractivity contribution in [3.8, 4) is 0 Å². The normalized spacial score (nSPS) is 11.1. The molecule has 0 unspecified atom stereocenters. The zero-order valence-corrected chi connectivity index (χ0v) is 16.4. The van der Waals surface area contributed by atoms with Crippen LogP contribution in [0.3, 0.4) is 0 Å². The molecule has 9 heteroatoms. The van der Waals surface area contributed by atoms with Crippen molar-refractivity contribution in [2.75, 3.05) is 10.6 Å². The Bertz CT molecular complexity index is 1220. The summed E-state index contributed by atoms with van der Waals surface area (Å²) in [6, 6.07) is 10.2. The van der Waals surface area contributed by atoms with Crippen molar-refractivity contribution in [2.45, 2.75) is 0 Å². The van der Waals surface area contributed by atoms with Gasteiger partial charge in [-0.15, -0.1) is 11.3 Å². The number of hydrogen-bond donors (Lipinski definition) is 2. The van der Waals surface area contributed by atoms with Crippen LogP contribution in [0.1, 0.15) is 16.1 Å². The highest BCUT2D eigenvalue weighted by molar-refractivity contribution is 7.15. The number of imidazole rings is 1. The number of halogens is 1. The van der Waals surface area contributed by atoms with Crippen LogP contribution < -0.4 is 10.6 Å². The highest BCUT2D eigenvalue weighted by atomic mass is 35.5. The molecule has 0 aliphatic rings. The average Bonchev–Trinajstić information content (AvgIpc) is 3.28. The van der Waals surface area contributed by atoms with E-state index in [1.807, 2.05) is 16.0 Å².